The van der Waals surface area contributed by atoms with Gasteiger partial charge in [0.2, 0.25) is 0 Å². The van der Waals surface area contributed by atoms with Gasteiger partial charge in [0.1, 0.15) is 0 Å². The molecule has 2 aliphatic carbocycles. The summed E-state index contributed by atoms with van der Waals surface area (Å²) in [5.74, 6) is 0. The van der Waals surface area contributed by atoms with Gasteiger partial charge in [-0.25, -0.2) is 0 Å². The Hall–Kier alpha value is -7.20. The number of para-hydroxylation sites is 2. The number of hydrogen-bond donors (Lipinski definition) is 0. The molecule has 0 N–H and O–H groups in total. The van der Waals surface area contributed by atoms with Gasteiger partial charge in [-0.3, -0.25) is 0 Å². The van der Waals surface area contributed by atoms with E-state index in [1.54, 1.807) is 0 Å². The third-order valence-corrected chi connectivity index (χ3v) is 14.5. The van der Waals surface area contributed by atoms with Gasteiger partial charge in [0.25, 0.3) is 0 Å². The Labute approximate surface area is 352 Å². The lowest BCUT2D eigenvalue weighted by Gasteiger charge is -2.30. The van der Waals surface area contributed by atoms with Gasteiger partial charge < -0.3 is 9.47 Å². The van der Waals surface area contributed by atoms with Crippen LogP contribution in [0, 0.1) is 0 Å². The lowest BCUT2D eigenvalue weighted by Crippen LogP contribution is -2.26. The number of rotatable bonds is 5. The van der Waals surface area contributed by atoms with Gasteiger partial charge in [-0.1, -0.05) is 127 Å². The minimum Gasteiger partial charge on any atom is -0.310 e. The second-order valence-electron chi connectivity index (χ2n) is 16.6. The summed E-state index contributed by atoms with van der Waals surface area (Å²) < 4.78 is 5.01. The van der Waals surface area contributed by atoms with Crippen molar-refractivity contribution < 1.29 is 0 Å². The summed E-state index contributed by atoms with van der Waals surface area (Å²) in [6, 6.07) is 76.9. The maximum absolute atomic E-state index is 2.52. The topological polar surface area (TPSA) is 8.17 Å². The van der Waals surface area contributed by atoms with Crippen LogP contribution in [0.25, 0.3) is 69.9 Å². The molecule has 0 radical (unpaired) electrons. The highest BCUT2D eigenvalue weighted by Gasteiger charge is 2.47. The molecule has 60 heavy (non-hydrogen) atoms. The van der Waals surface area contributed by atoms with Crippen molar-refractivity contribution in [2.24, 2.45) is 0 Å². The van der Waals surface area contributed by atoms with Crippen molar-refractivity contribution in [3.05, 3.63) is 229 Å². The van der Waals surface area contributed by atoms with Crippen LogP contribution in [0.3, 0.4) is 0 Å². The zero-order valence-corrected chi connectivity index (χ0v) is 33.7. The number of benzene rings is 9. The zero-order chi connectivity index (χ0) is 39.4. The standard InChI is InChI=1S/C57H38N2S/c1-2-14-41(15-3-1)59-53-20-10-7-17-47(53)49-32-38(24-30-54(49)59)37-22-25-42(26-23-37)58(43-28-31-56-50(33-43)48-18-8-11-21-55(48)60-56)44-27-29-46-45-16-6-9-19-51(45)57(52(46)34-44)35-39-12-4-5-13-40(39)36-57/h1-34H,35-36H2. The van der Waals surface area contributed by atoms with Crippen LogP contribution in [0.4, 0.5) is 17.1 Å². The van der Waals surface area contributed by atoms with Crippen molar-refractivity contribution in [2.45, 2.75) is 18.3 Å². The van der Waals surface area contributed by atoms with Crippen molar-refractivity contribution >= 4 is 70.4 Å². The summed E-state index contributed by atoms with van der Waals surface area (Å²) >= 11 is 1.87. The molecule has 2 aliphatic rings. The molecular formula is C57H38N2S. The molecule has 0 saturated carbocycles. The van der Waals surface area contributed by atoms with Crippen molar-refractivity contribution in [2.75, 3.05) is 4.90 Å². The summed E-state index contributed by atoms with van der Waals surface area (Å²) in [5, 5.41) is 5.13. The van der Waals surface area contributed by atoms with E-state index in [4.69, 9.17) is 0 Å². The Bertz CT molecular complexity index is 3470. The fourth-order valence-corrected chi connectivity index (χ4v) is 11.8. The number of fused-ring (bicyclic) bond motifs is 12. The maximum Gasteiger partial charge on any atom is 0.0541 e. The van der Waals surface area contributed by atoms with Crippen molar-refractivity contribution in [1.82, 2.24) is 4.57 Å². The molecule has 0 saturated heterocycles. The van der Waals surface area contributed by atoms with Crippen LogP contribution in [0.1, 0.15) is 22.3 Å². The maximum atomic E-state index is 2.52. The number of aromatic nitrogens is 1. The van der Waals surface area contributed by atoms with Crippen LogP contribution in [0.5, 0.6) is 0 Å². The SMILES string of the molecule is c1ccc(-n2c3ccccc3c3cc(-c4ccc(N(c5ccc6c(c5)C5(Cc7ccccc7C5)c5ccccc5-6)c5ccc6sc7ccccc7c6c5)cc4)ccc32)cc1. The van der Waals surface area contributed by atoms with Crippen molar-refractivity contribution in [3.8, 4) is 27.9 Å². The van der Waals surface area contributed by atoms with Crippen LogP contribution in [0.15, 0.2) is 206 Å². The van der Waals surface area contributed by atoms with Gasteiger partial charge in [-0.15, -0.1) is 11.3 Å². The van der Waals surface area contributed by atoms with Crippen LogP contribution in [-0.2, 0) is 18.3 Å². The fourth-order valence-electron chi connectivity index (χ4n) is 10.7. The summed E-state index contributed by atoms with van der Waals surface area (Å²) in [4.78, 5) is 2.48. The van der Waals surface area contributed by atoms with E-state index >= 15 is 0 Å². The summed E-state index contributed by atoms with van der Waals surface area (Å²) in [6.07, 6.45) is 2.04. The minimum absolute atomic E-state index is 0.0864. The second-order valence-corrected chi connectivity index (χ2v) is 17.6. The van der Waals surface area contributed by atoms with E-state index in [0.29, 0.717) is 0 Å². The molecule has 0 unspecified atom stereocenters. The summed E-state index contributed by atoms with van der Waals surface area (Å²) in [7, 11) is 0. The number of anilines is 3. The van der Waals surface area contributed by atoms with E-state index in [1.807, 2.05) is 11.3 Å². The first-order valence-corrected chi connectivity index (χ1v) is 21.7. The second kappa shape index (κ2) is 12.9. The third-order valence-electron chi connectivity index (χ3n) is 13.4. The number of thiophene rings is 1. The zero-order valence-electron chi connectivity index (χ0n) is 32.8. The monoisotopic (exact) mass is 782 g/mol. The highest BCUT2D eigenvalue weighted by atomic mass is 32.1. The highest BCUT2D eigenvalue weighted by Crippen LogP contribution is 2.56. The van der Waals surface area contributed by atoms with E-state index in [9.17, 15) is 0 Å². The van der Waals surface area contributed by atoms with Crippen LogP contribution >= 0.6 is 11.3 Å². The number of hydrogen-bond acceptors (Lipinski definition) is 2. The summed E-state index contributed by atoms with van der Waals surface area (Å²) in [6.45, 7) is 0. The van der Waals surface area contributed by atoms with E-state index in [1.165, 1.54) is 97.9 Å². The fraction of sp³-hybridized carbons (Fsp3) is 0.0526. The molecular weight excluding hydrogens is 745 g/mol. The molecule has 0 bridgehead atoms. The van der Waals surface area contributed by atoms with Crippen LogP contribution in [0.2, 0.25) is 0 Å². The van der Waals surface area contributed by atoms with Gasteiger partial charge in [0.05, 0.1) is 11.0 Å². The predicted octanol–water partition coefficient (Wildman–Crippen LogP) is 15.4. The smallest absolute Gasteiger partial charge is 0.0541 e. The van der Waals surface area contributed by atoms with E-state index in [0.717, 1.165) is 24.2 Å². The van der Waals surface area contributed by atoms with Gasteiger partial charge in [-0.2, -0.15) is 0 Å². The van der Waals surface area contributed by atoms with Gasteiger partial charge in [0.15, 0.2) is 0 Å². The minimum atomic E-state index is -0.0864. The molecule has 13 rings (SSSR count). The Morgan fingerprint density at radius 2 is 1.02 bits per heavy atom. The molecule has 3 heteroatoms. The molecule has 0 aliphatic heterocycles. The molecule has 9 aromatic carbocycles. The van der Waals surface area contributed by atoms with Gasteiger partial charge in [0, 0.05) is 59.1 Å². The van der Waals surface area contributed by atoms with Gasteiger partial charge in [-0.05, 0) is 136 Å². The highest BCUT2D eigenvalue weighted by molar-refractivity contribution is 7.25. The molecule has 2 heterocycles. The van der Waals surface area contributed by atoms with Crippen LogP contribution < -0.4 is 4.90 Å². The first-order valence-electron chi connectivity index (χ1n) is 20.9. The summed E-state index contributed by atoms with van der Waals surface area (Å²) in [5.41, 5.74) is 18.0. The number of nitrogens with zero attached hydrogens (tertiary/aromatic N) is 2. The van der Waals surface area contributed by atoms with E-state index in [-0.39, 0.29) is 5.41 Å². The molecule has 1 spiro atoms. The molecule has 0 fully saturated rings. The van der Waals surface area contributed by atoms with Gasteiger partial charge >= 0.3 is 0 Å². The average molecular weight is 783 g/mol. The first-order chi connectivity index (χ1) is 29.7. The molecule has 282 valence electrons. The largest absolute Gasteiger partial charge is 0.310 e. The average Bonchev–Trinajstić information content (AvgIpc) is 4.05. The quantitative estimate of drug-likeness (QED) is 0.169. The lowest BCUT2D eigenvalue weighted by molar-refractivity contribution is 0.563. The first kappa shape index (κ1) is 33.7. The van der Waals surface area contributed by atoms with E-state index < -0.39 is 0 Å². The van der Waals surface area contributed by atoms with Crippen molar-refractivity contribution in [1.29, 1.82) is 0 Å². The lowest BCUT2D eigenvalue weighted by atomic mass is 9.75. The Balaban J connectivity index is 0.961. The third kappa shape index (κ3) is 4.93. The normalized spacial score (nSPS) is 13.7. The molecule has 2 aromatic heterocycles. The van der Waals surface area contributed by atoms with Crippen LogP contribution in [-0.4, -0.2) is 4.57 Å². The molecule has 0 atom stereocenters. The Kier molecular flexibility index (Phi) is 7.25. The van der Waals surface area contributed by atoms with E-state index in [2.05, 4.69) is 216 Å². The molecule has 11 aromatic rings. The predicted molar refractivity (Wildman–Crippen MR) is 254 cm³/mol. The van der Waals surface area contributed by atoms with Crippen molar-refractivity contribution in [3.63, 3.8) is 0 Å². The molecule has 0 amide bonds. The Morgan fingerprint density at radius 3 is 1.87 bits per heavy atom. The Morgan fingerprint density at radius 1 is 0.400 bits per heavy atom. The molecule has 2 nitrogen and oxygen atoms in total.